The summed E-state index contributed by atoms with van der Waals surface area (Å²) in [6, 6.07) is 3.26. The standard InChI is InChI=1S/C10H12FN/c1-7-4-9(11)5-8-2-3-12-6-10(7)8/h4-5,12H,2-3,6H2,1H3. The summed E-state index contributed by atoms with van der Waals surface area (Å²) in [4.78, 5) is 0. The van der Waals surface area contributed by atoms with Gasteiger partial charge in [-0.1, -0.05) is 0 Å². The van der Waals surface area contributed by atoms with Gasteiger partial charge in [0.2, 0.25) is 0 Å². The molecule has 0 spiro atoms. The van der Waals surface area contributed by atoms with Crippen LogP contribution in [0.15, 0.2) is 12.1 Å². The van der Waals surface area contributed by atoms with Gasteiger partial charge in [-0.25, -0.2) is 4.39 Å². The maximum Gasteiger partial charge on any atom is 0.123 e. The van der Waals surface area contributed by atoms with Gasteiger partial charge < -0.3 is 5.32 Å². The summed E-state index contributed by atoms with van der Waals surface area (Å²) >= 11 is 0. The maximum absolute atomic E-state index is 12.9. The van der Waals surface area contributed by atoms with E-state index in [1.807, 2.05) is 6.92 Å². The third-order valence-electron chi connectivity index (χ3n) is 2.40. The lowest BCUT2D eigenvalue weighted by Crippen LogP contribution is -2.24. The molecule has 1 nitrogen and oxygen atoms in total. The Labute approximate surface area is 71.6 Å². The van der Waals surface area contributed by atoms with Crippen molar-refractivity contribution in [1.82, 2.24) is 5.32 Å². The third-order valence-corrected chi connectivity index (χ3v) is 2.40. The predicted molar refractivity (Wildman–Crippen MR) is 46.5 cm³/mol. The molecule has 0 saturated carbocycles. The molecule has 2 heteroatoms. The Hall–Kier alpha value is -0.890. The molecule has 1 aromatic rings. The topological polar surface area (TPSA) is 12.0 Å². The lowest BCUT2D eigenvalue weighted by molar-refractivity contribution is 0.602. The zero-order valence-corrected chi connectivity index (χ0v) is 7.15. The average Bonchev–Trinajstić information content (AvgIpc) is 2.04. The van der Waals surface area contributed by atoms with Crippen molar-refractivity contribution in [2.75, 3.05) is 6.54 Å². The highest BCUT2D eigenvalue weighted by molar-refractivity contribution is 5.36. The average molecular weight is 165 g/mol. The number of aryl methyl sites for hydroxylation is 1. The minimum absolute atomic E-state index is 0.104. The second-order valence-electron chi connectivity index (χ2n) is 3.29. The van der Waals surface area contributed by atoms with E-state index in [2.05, 4.69) is 5.32 Å². The van der Waals surface area contributed by atoms with E-state index in [4.69, 9.17) is 0 Å². The van der Waals surface area contributed by atoms with Gasteiger partial charge in [0.15, 0.2) is 0 Å². The monoisotopic (exact) mass is 165 g/mol. The number of nitrogens with one attached hydrogen (secondary N) is 1. The molecule has 0 saturated heterocycles. The quantitative estimate of drug-likeness (QED) is 0.618. The molecule has 0 aromatic heterocycles. The molecular formula is C10H12FN. The molecule has 0 unspecified atom stereocenters. The smallest absolute Gasteiger partial charge is 0.123 e. The van der Waals surface area contributed by atoms with Crippen LogP contribution in [-0.2, 0) is 13.0 Å². The number of hydrogen-bond donors (Lipinski definition) is 1. The summed E-state index contributed by atoms with van der Waals surface area (Å²) in [6.07, 6.45) is 0.952. The van der Waals surface area contributed by atoms with Crippen LogP contribution in [0.2, 0.25) is 0 Å². The van der Waals surface area contributed by atoms with Crippen molar-refractivity contribution in [3.8, 4) is 0 Å². The van der Waals surface area contributed by atoms with E-state index in [9.17, 15) is 4.39 Å². The second kappa shape index (κ2) is 2.87. The molecule has 1 aliphatic rings. The molecule has 12 heavy (non-hydrogen) atoms. The van der Waals surface area contributed by atoms with Crippen LogP contribution in [-0.4, -0.2) is 6.54 Å². The molecule has 0 atom stereocenters. The van der Waals surface area contributed by atoms with Crippen molar-refractivity contribution in [3.63, 3.8) is 0 Å². The van der Waals surface area contributed by atoms with Gasteiger partial charge in [-0.3, -0.25) is 0 Å². The summed E-state index contributed by atoms with van der Waals surface area (Å²) in [7, 11) is 0. The molecule has 1 N–H and O–H groups in total. The molecular weight excluding hydrogens is 153 g/mol. The predicted octanol–water partition coefficient (Wildman–Crippen LogP) is 1.78. The van der Waals surface area contributed by atoms with E-state index in [0.29, 0.717) is 0 Å². The first-order chi connectivity index (χ1) is 5.77. The Morgan fingerprint density at radius 1 is 1.42 bits per heavy atom. The maximum atomic E-state index is 12.9. The molecule has 0 bridgehead atoms. The Balaban J connectivity index is 2.53. The van der Waals surface area contributed by atoms with E-state index in [-0.39, 0.29) is 5.82 Å². The van der Waals surface area contributed by atoms with Crippen LogP contribution in [0, 0.1) is 12.7 Å². The van der Waals surface area contributed by atoms with E-state index in [1.54, 1.807) is 12.1 Å². The van der Waals surface area contributed by atoms with Crippen LogP contribution in [0.4, 0.5) is 4.39 Å². The van der Waals surface area contributed by atoms with Crippen LogP contribution in [0.3, 0.4) is 0 Å². The van der Waals surface area contributed by atoms with Crippen LogP contribution in [0.25, 0.3) is 0 Å². The number of fused-ring (bicyclic) bond motifs is 1. The second-order valence-corrected chi connectivity index (χ2v) is 3.29. The highest BCUT2D eigenvalue weighted by Gasteiger charge is 2.11. The fourth-order valence-electron chi connectivity index (χ4n) is 1.75. The minimum atomic E-state index is -0.104. The molecule has 2 rings (SSSR count). The van der Waals surface area contributed by atoms with Crippen molar-refractivity contribution in [3.05, 3.63) is 34.6 Å². The largest absolute Gasteiger partial charge is 0.312 e. The third kappa shape index (κ3) is 1.23. The van der Waals surface area contributed by atoms with Crippen molar-refractivity contribution in [2.24, 2.45) is 0 Å². The van der Waals surface area contributed by atoms with Gasteiger partial charge in [0.25, 0.3) is 0 Å². The molecule has 0 amide bonds. The van der Waals surface area contributed by atoms with Gasteiger partial charge in [0.1, 0.15) is 5.82 Å². The van der Waals surface area contributed by atoms with E-state index in [1.165, 1.54) is 11.1 Å². The van der Waals surface area contributed by atoms with Gasteiger partial charge in [-0.2, -0.15) is 0 Å². The van der Waals surface area contributed by atoms with Crippen LogP contribution in [0.5, 0.6) is 0 Å². The molecule has 1 aliphatic heterocycles. The van der Waals surface area contributed by atoms with Gasteiger partial charge in [-0.05, 0) is 48.7 Å². The van der Waals surface area contributed by atoms with Gasteiger partial charge >= 0.3 is 0 Å². The van der Waals surface area contributed by atoms with Crippen LogP contribution >= 0.6 is 0 Å². The minimum Gasteiger partial charge on any atom is -0.312 e. The molecule has 1 aromatic carbocycles. The van der Waals surface area contributed by atoms with E-state index >= 15 is 0 Å². The molecule has 0 radical (unpaired) electrons. The highest BCUT2D eigenvalue weighted by Crippen LogP contribution is 2.19. The van der Waals surface area contributed by atoms with Crippen molar-refractivity contribution >= 4 is 0 Å². The van der Waals surface area contributed by atoms with E-state index < -0.39 is 0 Å². The fourth-order valence-corrected chi connectivity index (χ4v) is 1.75. The number of rotatable bonds is 0. The molecule has 0 fully saturated rings. The Kier molecular flexibility index (Phi) is 1.85. The SMILES string of the molecule is Cc1cc(F)cc2c1CNCC2. The van der Waals surface area contributed by atoms with Crippen molar-refractivity contribution in [2.45, 2.75) is 19.9 Å². The number of benzene rings is 1. The Bertz CT molecular complexity index is 307. The molecule has 64 valence electrons. The molecule has 1 heterocycles. The summed E-state index contributed by atoms with van der Waals surface area (Å²) < 4.78 is 12.9. The number of halogens is 1. The normalized spacial score (nSPS) is 15.8. The van der Waals surface area contributed by atoms with Gasteiger partial charge in [-0.15, -0.1) is 0 Å². The zero-order chi connectivity index (χ0) is 8.55. The Morgan fingerprint density at radius 2 is 2.25 bits per heavy atom. The number of hydrogen-bond acceptors (Lipinski definition) is 1. The van der Waals surface area contributed by atoms with Gasteiger partial charge in [0, 0.05) is 6.54 Å². The zero-order valence-electron chi connectivity index (χ0n) is 7.15. The first kappa shape index (κ1) is 7.74. The van der Waals surface area contributed by atoms with Gasteiger partial charge in [0.05, 0.1) is 0 Å². The summed E-state index contributed by atoms with van der Waals surface area (Å²) in [5, 5.41) is 3.28. The fraction of sp³-hybridized carbons (Fsp3) is 0.400. The summed E-state index contributed by atoms with van der Waals surface area (Å²) in [6.45, 7) is 3.83. The van der Waals surface area contributed by atoms with E-state index in [0.717, 1.165) is 25.1 Å². The van der Waals surface area contributed by atoms with Crippen molar-refractivity contribution in [1.29, 1.82) is 0 Å². The van der Waals surface area contributed by atoms with Crippen LogP contribution in [0.1, 0.15) is 16.7 Å². The van der Waals surface area contributed by atoms with Crippen LogP contribution < -0.4 is 5.32 Å². The summed E-state index contributed by atoms with van der Waals surface area (Å²) in [5.41, 5.74) is 3.52. The lowest BCUT2D eigenvalue weighted by atomic mass is 9.96. The Morgan fingerprint density at radius 3 is 3.08 bits per heavy atom. The summed E-state index contributed by atoms with van der Waals surface area (Å²) in [5.74, 6) is -0.104. The first-order valence-corrected chi connectivity index (χ1v) is 4.26. The first-order valence-electron chi connectivity index (χ1n) is 4.26. The highest BCUT2D eigenvalue weighted by atomic mass is 19.1. The van der Waals surface area contributed by atoms with Crippen molar-refractivity contribution < 1.29 is 4.39 Å². The lowest BCUT2D eigenvalue weighted by Gasteiger charge is -2.18. The molecule has 0 aliphatic carbocycles.